The van der Waals surface area contributed by atoms with Gasteiger partial charge in [-0.2, -0.15) is 10.1 Å². The smallest absolute Gasteiger partial charge is 0.278 e. The van der Waals surface area contributed by atoms with Gasteiger partial charge in [-0.1, -0.05) is 35.0 Å². The van der Waals surface area contributed by atoms with Crippen molar-refractivity contribution >= 4 is 0 Å². The van der Waals surface area contributed by atoms with E-state index in [-0.39, 0.29) is 6.10 Å². The van der Waals surface area contributed by atoms with Gasteiger partial charge in [-0.05, 0) is 63.6 Å². The molecule has 0 radical (unpaired) electrons. The molecule has 29 heavy (non-hydrogen) atoms. The van der Waals surface area contributed by atoms with Crippen LogP contribution in [0.1, 0.15) is 30.7 Å². The van der Waals surface area contributed by atoms with E-state index in [2.05, 4.69) is 46.4 Å². The molecule has 0 N–H and O–H groups in total. The summed E-state index contributed by atoms with van der Waals surface area (Å²) in [6.45, 7) is 8.80. The highest BCUT2D eigenvalue weighted by molar-refractivity contribution is 5.58. The summed E-state index contributed by atoms with van der Waals surface area (Å²) in [4.78, 5) is 4.52. The number of hydrogen-bond donors (Lipinski definition) is 0. The second-order valence-electron chi connectivity index (χ2n) is 7.43. The second-order valence-corrected chi connectivity index (χ2v) is 7.43. The largest absolute Gasteiger partial charge is 0.491 e. The van der Waals surface area contributed by atoms with Crippen LogP contribution in [0.15, 0.2) is 59.1 Å². The van der Waals surface area contributed by atoms with Crippen LogP contribution < -0.4 is 4.74 Å². The Balaban J connectivity index is 1.53. The van der Waals surface area contributed by atoms with Crippen molar-refractivity contribution in [1.29, 1.82) is 0 Å². The minimum absolute atomic E-state index is 0.135. The van der Waals surface area contributed by atoms with Gasteiger partial charge in [0.2, 0.25) is 5.82 Å². The first kappa shape index (κ1) is 18.9. The van der Waals surface area contributed by atoms with Gasteiger partial charge in [0.05, 0.1) is 12.6 Å². The molecule has 0 amide bonds. The first-order valence-corrected chi connectivity index (χ1v) is 9.69. The van der Waals surface area contributed by atoms with E-state index in [0.717, 1.165) is 17.0 Å². The fourth-order valence-electron chi connectivity index (χ4n) is 3.04. The Morgan fingerprint density at radius 2 is 1.72 bits per heavy atom. The lowest BCUT2D eigenvalue weighted by Crippen LogP contribution is -2.05. The van der Waals surface area contributed by atoms with Gasteiger partial charge in [0.1, 0.15) is 5.75 Å². The Morgan fingerprint density at radius 3 is 2.41 bits per heavy atom. The summed E-state index contributed by atoms with van der Waals surface area (Å²) >= 11 is 0. The van der Waals surface area contributed by atoms with Crippen molar-refractivity contribution in [1.82, 2.24) is 19.9 Å². The van der Waals surface area contributed by atoms with E-state index >= 15 is 0 Å². The average Bonchev–Trinajstić information content (AvgIpc) is 3.31. The SMILES string of the molecule is Cc1ccc(Cn2nc(-c3nc(-c4ccc(OC(C)C)cc4)no3)cc2C)cc1. The third-order valence-electron chi connectivity index (χ3n) is 4.56. The van der Waals surface area contributed by atoms with Gasteiger partial charge in [0, 0.05) is 11.3 Å². The van der Waals surface area contributed by atoms with Crippen molar-refractivity contribution in [3.8, 4) is 28.7 Å². The molecule has 2 aromatic carbocycles. The highest BCUT2D eigenvalue weighted by Crippen LogP contribution is 2.24. The molecule has 148 valence electrons. The van der Waals surface area contributed by atoms with E-state index in [4.69, 9.17) is 9.26 Å². The third-order valence-corrected chi connectivity index (χ3v) is 4.56. The standard InChI is InChI=1S/C23H24N4O2/c1-15(2)28-20-11-9-19(10-12-20)22-24-23(29-26-22)21-13-17(4)27(25-21)14-18-7-5-16(3)6-8-18/h5-13,15H,14H2,1-4H3. The van der Waals surface area contributed by atoms with E-state index in [9.17, 15) is 0 Å². The molecule has 0 saturated heterocycles. The molecule has 0 aliphatic rings. The third kappa shape index (κ3) is 4.37. The molecular weight excluding hydrogens is 364 g/mol. The van der Waals surface area contributed by atoms with Gasteiger partial charge in [-0.3, -0.25) is 4.68 Å². The van der Waals surface area contributed by atoms with Gasteiger partial charge in [-0.15, -0.1) is 0 Å². The number of aromatic nitrogens is 4. The first-order valence-electron chi connectivity index (χ1n) is 9.69. The quantitative estimate of drug-likeness (QED) is 0.462. The summed E-state index contributed by atoms with van der Waals surface area (Å²) in [5.74, 6) is 1.76. The van der Waals surface area contributed by atoms with Crippen molar-refractivity contribution < 1.29 is 9.26 Å². The van der Waals surface area contributed by atoms with Gasteiger partial charge in [0.25, 0.3) is 5.89 Å². The molecule has 4 aromatic rings. The van der Waals surface area contributed by atoms with Crippen LogP contribution in [-0.2, 0) is 6.54 Å². The summed E-state index contributed by atoms with van der Waals surface area (Å²) < 4.78 is 13.1. The Bertz CT molecular complexity index is 1090. The van der Waals surface area contributed by atoms with E-state index in [1.54, 1.807) is 0 Å². The Kier molecular flexibility index (Phi) is 5.16. The monoisotopic (exact) mass is 388 g/mol. The summed E-state index contributed by atoms with van der Waals surface area (Å²) in [7, 11) is 0. The van der Waals surface area contributed by atoms with Crippen LogP contribution in [-0.4, -0.2) is 26.0 Å². The van der Waals surface area contributed by atoms with Crippen molar-refractivity contribution in [2.75, 3.05) is 0 Å². The normalized spacial score (nSPS) is 11.2. The van der Waals surface area contributed by atoms with Crippen LogP contribution >= 0.6 is 0 Å². The first-order chi connectivity index (χ1) is 14.0. The van der Waals surface area contributed by atoms with Gasteiger partial charge >= 0.3 is 0 Å². The highest BCUT2D eigenvalue weighted by atomic mass is 16.5. The topological polar surface area (TPSA) is 66.0 Å². The Hall–Kier alpha value is -3.41. The van der Waals surface area contributed by atoms with Crippen molar-refractivity contribution in [2.24, 2.45) is 0 Å². The maximum atomic E-state index is 5.67. The minimum atomic E-state index is 0.135. The molecule has 0 atom stereocenters. The van der Waals surface area contributed by atoms with Gasteiger partial charge in [0.15, 0.2) is 5.69 Å². The zero-order valence-corrected chi connectivity index (χ0v) is 17.1. The molecular formula is C23H24N4O2. The van der Waals surface area contributed by atoms with Crippen LogP contribution in [0.2, 0.25) is 0 Å². The van der Waals surface area contributed by atoms with Crippen LogP contribution in [0.3, 0.4) is 0 Å². The molecule has 6 heteroatoms. The van der Waals surface area contributed by atoms with E-state index < -0.39 is 0 Å². The molecule has 2 aromatic heterocycles. The lowest BCUT2D eigenvalue weighted by Gasteiger charge is -2.09. The molecule has 0 unspecified atom stereocenters. The van der Waals surface area contributed by atoms with Crippen molar-refractivity contribution in [3.63, 3.8) is 0 Å². The fraction of sp³-hybridized carbons (Fsp3) is 0.261. The van der Waals surface area contributed by atoms with Gasteiger partial charge in [-0.25, -0.2) is 0 Å². The fourth-order valence-corrected chi connectivity index (χ4v) is 3.04. The zero-order chi connectivity index (χ0) is 20.4. The minimum Gasteiger partial charge on any atom is -0.491 e. The molecule has 0 fully saturated rings. The molecule has 2 heterocycles. The maximum Gasteiger partial charge on any atom is 0.278 e. The number of benzene rings is 2. The lowest BCUT2D eigenvalue weighted by atomic mass is 10.1. The maximum absolute atomic E-state index is 5.67. The van der Waals surface area contributed by atoms with Crippen molar-refractivity contribution in [3.05, 3.63) is 71.4 Å². The summed E-state index contributed by atoms with van der Waals surface area (Å²) in [6.07, 6.45) is 0.135. The predicted octanol–water partition coefficient (Wildman–Crippen LogP) is 5.05. The molecule has 0 aliphatic carbocycles. The summed E-state index contributed by atoms with van der Waals surface area (Å²) in [6, 6.07) is 18.1. The second kappa shape index (κ2) is 7.91. The van der Waals surface area contributed by atoms with Crippen LogP contribution in [0.25, 0.3) is 23.0 Å². The average molecular weight is 388 g/mol. The van der Waals surface area contributed by atoms with Crippen molar-refractivity contribution in [2.45, 2.75) is 40.3 Å². The van der Waals surface area contributed by atoms with E-state index in [1.165, 1.54) is 11.1 Å². The summed E-state index contributed by atoms with van der Waals surface area (Å²) in [5, 5.41) is 8.76. The van der Waals surface area contributed by atoms with Crippen LogP contribution in [0.5, 0.6) is 5.75 Å². The lowest BCUT2D eigenvalue weighted by molar-refractivity contribution is 0.242. The van der Waals surface area contributed by atoms with Gasteiger partial charge < -0.3 is 9.26 Å². The number of hydrogen-bond acceptors (Lipinski definition) is 5. The molecule has 0 aliphatic heterocycles. The molecule has 0 spiro atoms. The van der Waals surface area contributed by atoms with Crippen LogP contribution in [0.4, 0.5) is 0 Å². The van der Waals surface area contributed by atoms with E-state index in [0.29, 0.717) is 24.0 Å². The molecule has 6 nitrogen and oxygen atoms in total. The number of rotatable bonds is 6. The number of aryl methyl sites for hydroxylation is 2. The Morgan fingerprint density at radius 1 is 1.00 bits per heavy atom. The van der Waals surface area contributed by atoms with E-state index in [1.807, 2.05) is 55.8 Å². The Labute approximate surface area is 170 Å². The molecule has 0 bridgehead atoms. The number of nitrogens with zero attached hydrogens (tertiary/aromatic N) is 4. The number of ether oxygens (including phenoxy) is 1. The van der Waals surface area contributed by atoms with Crippen LogP contribution in [0, 0.1) is 13.8 Å². The molecule has 4 rings (SSSR count). The highest BCUT2D eigenvalue weighted by Gasteiger charge is 2.15. The predicted molar refractivity (Wildman–Crippen MR) is 112 cm³/mol. The zero-order valence-electron chi connectivity index (χ0n) is 17.1. The summed E-state index contributed by atoms with van der Waals surface area (Å²) in [5.41, 5.74) is 5.02. The molecule has 0 saturated carbocycles.